The molecule has 0 bridgehead atoms. The fourth-order valence-corrected chi connectivity index (χ4v) is 0.765. The van der Waals surface area contributed by atoms with Gasteiger partial charge in [-0.05, 0) is 0 Å². The Kier molecular flexibility index (Phi) is 1.75. The van der Waals surface area contributed by atoms with E-state index in [-0.39, 0.29) is 6.42 Å². The number of hydrogen-bond donors (Lipinski definition) is 2. The molecule has 1 fully saturated rings. The third-order valence-corrected chi connectivity index (χ3v) is 1.18. The van der Waals surface area contributed by atoms with Crippen LogP contribution < -0.4 is 11.1 Å². The minimum Gasteiger partial charge on any atom is -0.436 e. The number of carbonyl (C=O) groups is 3. The molecule has 0 aromatic rings. The van der Waals surface area contributed by atoms with Crippen LogP contribution >= 0.6 is 0 Å². The van der Waals surface area contributed by atoms with Crippen LogP contribution in [0.2, 0.25) is 0 Å². The zero-order valence-corrected chi connectivity index (χ0v) is 5.49. The summed E-state index contributed by atoms with van der Waals surface area (Å²) in [6.45, 7) is 0. The van der Waals surface area contributed by atoms with Crippen LogP contribution in [0.4, 0.5) is 4.79 Å². The summed E-state index contributed by atoms with van der Waals surface area (Å²) in [5, 5.41) is 1.96. The van der Waals surface area contributed by atoms with Crippen LogP contribution in [0.25, 0.3) is 0 Å². The van der Waals surface area contributed by atoms with E-state index in [0.717, 1.165) is 0 Å². The van der Waals surface area contributed by atoms with Crippen LogP contribution in [0.15, 0.2) is 0 Å². The first-order valence-corrected chi connectivity index (χ1v) is 2.89. The van der Waals surface area contributed by atoms with Crippen LogP contribution in [0.3, 0.4) is 0 Å². The third kappa shape index (κ3) is 1.66. The number of amides is 3. The fourth-order valence-electron chi connectivity index (χ4n) is 0.765. The summed E-state index contributed by atoms with van der Waals surface area (Å²) in [5.74, 6) is -1.07. The lowest BCUT2D eigenvalue weighted by Gasteiger charge is -2.03. The summed E-state index contributed by atoms with van der Waals surface area (Å²) < 4.78 is 4.30. The monoisotopic (exact) mass is 158 g/mol. The molecule has 3 N–H and O–H groups in total. The second-order valence-electron chi connectivity index (χ2n) is 2.04. The van der Waals surface area contributed by atoms with E-state index in [1.54, 1.807) is 0 Å². The highest BCUT2D eigenvalue weighted by molar-refractivity contribution is 6.05. The van der Waals surface area contributed by atoms with Crippen molar-refractivity contribution in [3.05, 3.63) is 0 Å². The summed E-state index contributed by atoms with van der Waals surface area (Å²) in [6.07, 6.45) is -2.23. The average molecular weight is 158 g/mol. The standard InChI is InChI=1S/C5H6N2O4/c6-5(10)11-2-1-3(8)7-4(2)9/h2H,1H2,(H2,6,10)(H,7,8,9)/t2-/m0/s1. The second-order valence-corrected chi connectivity index (χ2v) is 2.04. The van der Waals surface area contributed by atoms with Crippen molar-refractivity contribution in [3.8, 4) is 0 Å². The van der Waals surface area contributed by atoms with E-state index in [4.69, 9.17) is 0 Å². The van der Waals surface area contributed by atoms with Gasteiger partial charge in [0.15, 0.2) is 6.10 Å². The van der Waals surface area contributed by atoms with Gasteiger partial charge in [0.1, 0.15) is 0 Å². The van der Waals surface area contributed by atoms with Gasteiger partial charge in [0.25, 0.3) is 5.91 Å². The molecule has 0 spiro atoms. The third-order valence-electron chi connectivity index (χ3n) is 1.18. The van der Waals surface area contributed by atoms with E-state index in [1.165, 1.54) is 0 Å². The number of hydrogen-bond acceptors (Lipinski definition) is 4. The number of rotatable bonds is 1. The maximum Gasteiger partial charge on any atom is 0.405 e. The molecule has 6 heteroatoms. The number of nitrogens with two attached hydrogens (primary N) is 1. The minimum atomic E-state index is -1.06. The quantitative estimate of drug-likeness (QED) is 0.453. The fraction of sp³-hybridized carbons (Fsp3) is 0.400. The van der Waals surface area contributed by atoms with Gasteiger partial charge in [0, 0.05) is 0 Å². The Morgan fingerprint density at radius 3 is 2.64 bits per heavy atom. The van der Waals surface area contributed by atoms with Gasteiger partial charge in [0.05, 0.1) is 6.42 Å². The SMILES string of the molecule is NC(=O)O[C@H]1CC(=O)NC1=O. The molecule has 0 radical (unpaired) electrons. The molecule has 0 saturated carbocycles. The smallest absolute Gasteiger partial charge is 0.405 e. The molecule has 60 valence electrons. The molecular formula is C5H6N2O4. The second kappa shape index (κ2) is 2.57. The summed E-state index contributed by atoms with van der Waals surface area (Å²) >= 11 is 0. The van der Waals surface area contributed by atoms with Gasteiger partial charge in [-0.3, -0.25) is 14.9 Å². The number of carbonyl (C=O) groups excluding carboxylic acids is 3. The van der Waals surface area contributed by atoms with E-state index in [0.29, 0.717) is 0 Å². The maximum absolute atomic E-state index is 10.7. The lowest BCUT2D eigenvalue weighted by Crippen LogP contribution is -2.30. The first-order chi connectivity index (χ1) is 5.09. The van der Waals surface area contributed by atoms with Gasteiger partial charge >= 0.3 is 6.09 Å². The Morgan fingerprint density at radius 1 is 1.64 bits per heavy atom. The molecule has 0 aliphatic carbocycles. The summed E-state index contributed by atoms with van der Waals surface area (Å²) in [4.78, 5) is 31.3. The summed E-state index contributed by atoms with van der Waals surface area (Å²) in [7, 11) is 0. The Bertz CT molecular complexity index is 225. The zero-order chi connectivity index (χ0) is 8.43. The summed E-state index contributed by atoms with van der Waals surface area (Å²) in [6, 6.07) is 0. The largest absolute Gasteiger partial charge is 0.436 e. The normalized spacial score (nSPS) is 23.1. The number of primary amides is 1. The lowest BCUT2D eigenvalue weighted by molar-refractivity contribution is -0.127. The minimum absolute atomic E-state index is 0.137. The van der Waals surface area contributed by atoms with E-state index in [1.807, 2.05) is 5.32 Å². The topological polar surface area (TPSA) is 98.5 Å². The highest BCUT2D eigenvalue weighted by Crippen LogP contribution is 2.05. The van der Waals surface area contributed by atoms with Crippen molar-refractivity contribution < 1.29 is 19.1 Å². The van der Waals surface area contributed by atoms with Crippen molar-refractivity contribution in [1.82, 2.24) is 5.32 Å². The maximum atomic E-state index is 10.7. The number of ether oxygens (including phenoxy) is 1. The van der Waals surface area contributed by atoms with Gasteiger partial charge in [-0.15, -0.1) is 0 Å². The molecule has 1 aliphatic heterocycles. The van der Waals surface area contributed by atoms with Gasteiger partial charge in [-0.1, -0.05) is 0 Å². The predicted molar refractivity (Wildman–Crippen MR) is 32.2 cm³/mol. The van der Waals surface area contributed by atoms with Gasteiger partial charge in [0.2, 0.25) is 5.91 Å². The van der Waals surface area contributed by atoms with Crippen LogP contribution in [-0.2, 0) is 14.3 Å². The Labute approximate surface area is 61.7 Å². The number of imide groups is 1. The Balaban J connectivity index is 2.53. The molecule has 0 aromatic heterocycles. The predicted octanol–water partition coefficient (Wildman–Crippen LogP) is -1.50. The van der Waals surface area contributed by atoms with Crippen LogP contribution in [0.1, 0.15) is 6.42 Å². The van der Waals surface area contributed by atoms with Crippen molar-refractivity contribution in [3.63, 3.8) is 0 Å². The van der Waals surface area contributed by atoms with Crippen molar-refractivity contribution >= 4 is 17.9 Å². The van der Waals surface area contributed by atoms with Crippen LogP contribution in [-0.4, -0.2) is 24.0 Å². The molecule has 0 unspecified atom stereocenters. The Hall–Kier alpha value is -1.59. The molecule has 1 aliphatic rings. The Morgan fingerprint density at radius 2 is 2.27 bits per heavy atom. The van der Waals surface area contributed by atoms with Gasteiger partial charge < -0.3 is 10.5 Å². The summed E-state index contributed by atoms with van der Waals surface area (Å²) in [5.41, 5.74) is 4.63. The first kappa shape index (κ1) is 7.52. The van der Waals surface area contributed by atoms with Crippen molar-refractivity contribution in [2.75, 3.05) is 0 Å². The van der Waals surface area contributed by atoms with Gasteiger partial charge in [-0.25, -0.2) is 4.79 Å². The number of nitrogens with one attached hydrogen (secondary N) is 1. The molecule has 6 nitrogen and oxygen atoms in total. The van der Waals surface area contributed by atoms with Crippen molar-refractivity contribution in [2.24, 2.45) is 5.73 Å². The molecule has 1 atom stereocenters. The molecule has 1 saturated heterocycles. The van der Waals surface area contributed by atoms with E-state index >= 15 is 0 Å². The van der Waals surface area contributed by atoms with E-state index in [2.05, 4.69) is 10.5 Å². The highest BCUT2D eigenvalue weighted by atomic mass is 16.6. The lowest BCUT2D eigenvalue weighted by atomic mass is 10.3. The van der Waals surface area contributed by atoms with E-state index in [9.17, 15) is 14.4 Å². The zero-order valence-electron chi connectivity index (χ0n) is 5.49. The van der Waals surface area contributed by atoms with Crippen molar-refractivity contribution in [1.29, 1.82) is 0 Å². The molecule has 3 amide bonds. The van der Waals surface area contributed by atoms with Gasteiger partial charge in [-0.2, -0.15) is 0 Å². The highest BCUT2D eigenvalue weighted by Gasteiger charge is 2.33. The first-order valence-electron chi connectivity index (χ1n) is 2.89. The van der Waals surface area contributed by atoms with Crippen LogP contribution in [0.5, 0.6) is 0 Å². The molecule has 11 heavy (non-hydrogen) atoms. The van der Waals surface area contributed by atoms with E-state index < -0.39 is 24.0 Å². The molecule has 1 heterocycles. The molecule has 0 aromatic carbocycles. The van der Waals surface area contributed by atoms with Crippen LogP contribution in [0, 0.1) is 0 Å². The molecular weight excluding hydrogens is 152 g/mol. The van der Waals surface area contributed by atoms with Crippen molar-refractivity contribution in [2.45, 2.75) is 12.5 Å². The molecule has 1 rings (SSSR count). The average Bonchev–Trinajstić information content (AvgIpc) is 2.09.